The number of aryl methyl sites for hydroxylation is 1. The molecule has 0 bridgehead atoms. The van der Waals surface area contributed by atoms with Crippen LogP contribution < -0.4 is 4.90 Å². The number of hydrogen-bond acceptors (Lipinski definition) is 3. The lowest BCUT2D eigenvalue weighted by atomic mass is 10.1. The molecule has 1 aliphatic rings. The van der Waals surface area contributed by atoms with Gasteiger partial charge in [-0.1, -0.05) is 15.9 Å². The number of benzene rings is 1. The zero-order valence-corrected chi connectivity index (χ0v) is 11.5. The Morgan fingerprint density at radius 1 is 1.50 bits per heavy atom. The molecule has 1 heterocycles. The van der Waals surface area contributed by atoms with Crippen LogP contribution >= 0.6 is 15.9 Å². The summed E-state index contributed by atoms with van der Waals surface area (Å²) in [5, 5.41) is 9.20. The molecule has 18 heavy (non-hydrogen) atoms. The summed E-state index contributed by atoms with van der Waals surface area (Å²) in [5.41, 5.74) is 1.36. The number of halogens is 1. The number of amides is 1. The fraction of sp³-hybridized carbons (Fsp3) is 0.333. The second-order valence-corrected chi connectivity index (χ2v) is 5.09. The van der Waals surface area contributed by atoms with Gasteiger partial charge in [-0.25, -0.2) is 9.59 Å². The summed E-state index contributed by atoms with van der Waals surface area (Å²) in [6, 6.07) is 4.30. The summed E-state index contributed by atoms with van der Waals surface area (Å²) < 4.78 is 5.85. The van der Waals surface area contributed by atoms with Crippen LogP contribution in [0.2, 0.25) is 0 Å². The molecular weight excluding hydrogens is 302 g/mol. The van der Waals surface area contributed by atoms with E-state index >= 15 is 0 Å². The summed E-state index contributed by atoms with van der Waals surface area (Å²) in [6.45, 7) is 3.39. The molecule has 1 aliphatic heterocycles. The van der Waals surface area contributed by atoms with E-state index in [4.69, 9.17) is 4.74 Å². The van der Waals surface area contributed by atoms with Crippen LogP contribution in [0.3, 0.4) is 0 Å². The van der Waals surface area contributed by atoms with Crippen molar-refractivity contribution in [1.29, 1.82) is 0 Å². The Balaban J connectivity index is 2.47. The molecule has 1 N–H and O–H groups in total. The molecule has 2 unspecified atom stereocenters. The lowest BCUT2D eigenvalue weighted by Gasteiger charge is -2.21. The molecular formula is C12H12BrNO4. The molecule has 2 atom stereocenters. The molecule has 1 saturated heterocycles. The molecule has 0 aliphatic carbocycles. The number of aliphatic carboxylic acids is 1. The van der Waals surface area contributed by atoms with Gasteiger partial charge in [0.05, 0.1) is 5.69 Å². The number of hydrogen-bond donors (Lipinski definition) is 1. The highest BCUT2D eigenvalue weighted by molar-refractivity contribution is 9.10. The van der Waals surface area contributed by atoms with E-state index in [1.165, 1.54) is 4.90 Å². The summed E-state index contributed by atoms with van der Waals surface area (Å²) >= 11 is 3.32. The van der Waals surface area contributed by atoms with Crippen molar-refractivity contribution in [2.45, 2.75) is 26.0 Å². The Kier molecular flexibility index (Phi) is 3.30. The van der Waals surface area contributed by atoms with E-state index in [0.717, 1.165) is 10.0 Å². The van der Waals surface area contributed by atoms with Gasteiger partial charge in [-0.15, -0.1) is 0 Å². The largest absolute Gasteiger partial charge is 0.480 e. The van der Waals surface area contributed by atoms with Crippen LogP contribution in [-0.4, -0.2) is 29.3 Å². The van der Waals surface area contributed by atoms with E-state index in [2.05, 4.69) is 15.9 Å². The quantitative estimate of drug-likeness (QED) is 0.911. The second-order valence-electron chi connectivity index (χ2n) is 4.17. The Morgan fingerprint density at radius 3 is 2.72 bits per heavy atom. The number of ether oxygens (including phenoxy) is 1. The van der Waals surface area contributed by atoms with Crippen LogP contribution in [0.4, 0.5) is 10.5 Å². The molecule has 0 aromatic heterocycles. The van der Waals surface area contributed by atoms with Crippen molar-refractivity contribution >= 4 is 33.7 Å². The maximum atomic E-state index is 11.8. The molecule has 6 heteroatoms. The first-order valence-electron chi connectivity index (χ1n) is 5.40. The third-order valence-corrected chi connectivity index (χ3v) is 3.37. The number of carboxylic acid groups (broad SMARTS) is 1. The van der Waals surface area contributed by atoms with Gasteiger partial charge >= 0.3 is 12.1 Å². The number of carbonyl (C=O) groups excluding carboxylic acids is 1. The van der Waals surface area contributed by atoms with E-state index in [1.807, 2.05) is 13.0 Å². The number of anilines is 1. The molecule has 5 nitrogen and oxygen atoms in total. The fourth-order valence-electron chi connectivity index (χ4n) is 2.05. The van der Waals surface area contributed by atoms with Crippen LogP contribution in [-0.2, 0) is 9.53 Å². The van der Waals surface area contributed by atoms with Gasteiger partial charge in [-0.05, 0) is 37.6 Å². The molecule has 1 aromatic carbocycles. The number of nitrogens with zero attached hydrogens (tertiary/aromatic N) is 1. The highest BCUT2D eigenvalue weighted by atomic mass is 79.9. The maximum Gasteiger partial charge on any atom is 0.415 e. The minimum atomic E-state index is -1.07. The minimum Gasteiger partial charge on any atom is -0.480 e. The monoisotopic (exact) mass is 313 g/mol. The van der Waals surface area contributed by atoms with E-state index < -0.39 is 24.2 Å². The summed E-state index contributed by atoms with van der Waals surface area (Å²) in [5.74, 6) is -1.07. The van der Waals surface area contributed by atoms with Crippen LogP contribution in [0.25, 0.3) is 0 Å². The summed E-state index contributed by atoms with van der Waals surface area (Å²) in [6.07, 6.45) is -1.29. The number of carboxylic acids is 1. The van der Waals surface area contributed by atoms with Crippen molar-refractivity contribution in [3.05, 3.63) is 28.2 Å². The SMILES string of the molecule is Cc1cc(Br)ccc1N1C(=O)OC(C)C1C(=O)O. The van der Waals surface area contributed by atoms with Gasteiger partial charge in [0.2, 0.25) is 0 Å². The average molecular weight is 314 g/mol. The van der Waals surface area contributed by atoms with Crippen molar-refractivity contribution < 1.29 is 19.4 Å². The summed E-state index contributed by atoms with van der Waals surface area (Å²) in [7, 11) is 0. The third-order valence-electron chi connectivity index (χ3n) is 2.88. The van der Waals surface area contributed by atoms with Gasteiger partial charge in [-0.2, -0.15) is 0 Å². The van der Waals surface area contributed by atoms with Gasteiger partial charge < -0.3 is 9.84 Å². The molecule has 0 saturated carbocycles. The van der Waals surface area contributed by atoms with E-state index in [0.29, 0.717) is 5.69 Å². The van der Waals surface area contributed by atoms with Crippen LogP contribution in [0.5, 0.6) is 0 Å². The van der Waals surface area contributed by atoms with Crippen LogP contribution in [0.15, 0.2) is 22.7 Å². The zero-order valence-electron chi connectivity index (χ0n) is 9.88. The van der Waals surface area contributed by atoms with Crippen LogP contribution in [0, 0.1) is 6.92 Å². The Bertz CT molecular complexity index is 517. The maximum absolute atomic E-state index is 11.8. The topological polar surface area (TPSA) is 66.8 Å². The predicted octanol–water partition coefficient (Wildman–Crippen LogP) is 2.56. The highest BCUT2D eigenvalue weighted by Crippen LogP contribution is 2.31. The van der Waals surface area contributed by atoms with E-state index in [9.17, 15) is 14.7 Å². The highest BCUT2D eigenvalue weighted by Gasteiger charge is 2.45. The lowest BCUT2D eigenvalue weighted by molar-refractivity contribution is -0.139. The van der Waals surface area contributed by atoms with Gasteiger partial charge in [0, 0.05) is 4.47 Å². The predicted molar refractivity (Wildman–Crippen MR) is 68.7 cm³/mol. The lowest BCUT2D eigenvalue weighted by Crippen LogP contribution is -2.42. The standard InChI is InChI=1S/C12H12BrNO4/c1-6-5-8(13)3-4-9(6)14-10(11(15)16)7(2)18-12(14)17/h3-5,7,10H,1-2H3,(H,15,16). The zero-order chi connectivity index (χ0) is 13.4. The molecule has 1 aromatic rings. The molecule has 96 valence electrons. The molecule has 0 radical (unpaired) electrons. The minimum absolute atomic E-state index is 0.556. The first kappa shape index (κ1) is 12.9. The van der Waals surface area contributed by atoms with Gasteiger partial charge in [0.1, 0.15) is 6.10 Å². The first-order valence-corrected chi connectivity index (χ1v) is 6.20. The molecule has 0 spiro atoms. The third kappa shape index (κ3) is 2.08. The number of cyclic esters (lactones) is 1. The van der Waals surface area contributed by atoms with Crippen LogP contribution in [0.1, 0.15) is 12.5 Å². The van der Waals surface area contributed by atoms with Crippen molar-refractivity contribution in [2.24, 2.45) is 0 Å². The molecule has 1 amide bonds. The average Bonchev–Trinajstić information content (AvgIpc) is 2.53. The van der Waals surface area contributed by atoms with Crippen molar-refractivity contribution in [1.82, 2.24) is 0 Å². The van der Waals surface area contributed by atoms with Crippen molar-refractivity contribution in [3.63, 3.8) is 0 Å². The Hall–Kier alpha value is -1.56. The first-order chi connectivity index (χ1) is 8.41. The van der Waals surface area contributed by atoms with E-state index in [-0.39, 0.29) is 0 Å². The van der Waals surface area contributed by atoms with Crippen molar-refractivity contribution in [2.75, 3.05) is 4.90 Å². The Morgan fingerprint density at radius 2 is 2.17 bits per heavy atom. The van der Waals surface area contributed by atoms with Crippen molar-refractivity contribution in [3.8, 4) is 0 Å². The fourth-order valence-corrected chi connectivity index (χ4v) is 2.53. The smallest absolute Gasteiger partial charge is 0.415 e. The second kappa shape index (κ2) is 4.61. The Labute approximate surface area is 112 Å². The molecule has 2 rings (SSSR count). The number of carbonyl (C=O) groups is 2. The number of rotatable bonds is 2. The molecule has 1 fully saturated rings. The van der Waals surface area contributed by atoms with Gasteiger partial charge in [0.25, 0.3) is 0 Å². The summed E-state index contributed by atoms with van der Waals surface area (Å²) in [4.78, 5) is 24.2. The van der Waals surface area contributed by atoms with E-state index in [1.54, 1.807) is 19.1 Å². The van der Waals surface area contributed by atoms with Gasteiger partial charge in [-0.3, -0.25) is 4.90 Å². The van der Waals surface area contributed by atoms with Gasteiger partial charge in [0.15, 0.2) is 6.04 Å². The normalized spacial score (nSPS) is 23.1.